The molecule has 0 unspecified atom stereocenters. The number of halogens is 1. The van der Waals surface area contributed by atoms with Crippen LogP contribution in [0.25, 0.3) is 0 Å². The number of carbonyl (C=O) groups excluding carboxylic acids is 2. The highest BCUT2D eigenvalue weighted by atomic mass is 35.5. The molecule has 1 heterocycles. The first-order chi connectivity index (χ1) is 17.8. The Hall–Kier alpha value is -3.06. The molecule has 37 heavy (non-hydrogen) atoms. The molecule has 200 valence electrons. The molecule has 2 aromatic carbocycles. The molecule has 0 bridgehead atoms. The van der Waals surface area contributed by atoms with Gasteiger partial charge in [-0.05, 0) is 67.0 Å². The summed E-state index contributed by atoms with van der Waals surface area (Å²) in [7, 11) is 0. The Balaban J connectivity index is 1.40. The van der Waals surface area contributed by atoms with Gasteiger partial charge in [-0.2, -0.15) is 0 Å². The van der Waals surface area contributed by atoms with Crippen molar-refractivity contribution < 1.29 is 24.2 Å². The van der Waals surface area contributed by atoms with Gasteiger partial charge in [-0.3, -0.25) is 9.59 Å². The number of aryl methyl sites for hydroxylation is 1. The minimum Gasteiger partial charge on any atom is -0.494 e. The SMILES string of the molecule is CCCCOc1ccc(C[C@H](NC(=O)CC2CCN(C(=O)CCc3cccc(Cl)c3)CC2)C(=O)O)cc1. The normalized spacial score (nSPS) is 14.7. The van der Waals surface area contributed by atoms with Crippen LogP contribution in [0.2, 0.25) is 5.02 Å². The van der Waals surface area contributed by atoms with Crippen molar-refractivity contribution in [2.24, 2.45) is 5.92 Å². The number of piperidine rings is 1. The van der Waals surface area contributed by atoms with Crippen LogP contribution in [0, 0.1) is 5.92 Å². The van der Waals surface area contributed by atoms with Crippen LogP contribution in [0.15, 0.2) is 48.5 Å². The number of amides is 2. The molecule has 1 saturated heterocycles. The molecule has 0 aliphatic carbocycles. The van der Waals surface area contributed by atoms with Gasteiger partial charge in [0.05, 0.1) is 6.61 Å². The van der Waals surface area contributed by atoms with Crippen LogP contribution in [-0.2, 0) is 27.2 Å². The van der Waals surface area contributed by atoms with Gasteiger partial charge in [-0.15, -0.1) is 0 Å². The molecule has 1 fully saturated rings. The van der Waals surface area contributed by atoms with Gasteiger partial charge in [0.1, 0.15) is 11.8 Å². The fraction of sp³-hybridized carbons (Fsp3) is 0.483. The summed E-state index contributed by atoms with van der Waals surface area (Å²) >= 11 is 6.02. The van der Waals surface area contributed by atoms with Crippen molar-refractivity contribution in [2.45, 2.75) is 64.3 Å². The Bertz CT molecular complexity index is 1030. The summed E-state index contributed by atoms with van der Waals surface area (Å²) in [6.45, 7) is 3.98. The number of ether oxygens (including phenoxy) is 1. The summed E-state index contributed by atoms with van der Waals surface area (Å²) in [6.07, 6.45) is 5.04. The molecule has 7 nitrogen and oxygen atoms in total. The molecule has 0 spiro atoms. The summed E-state index contributed by atoms with van der Waals surface area (Å²) in [5, 5.41) is 13.0. The first-order valence-electron chi connectivity index (χ1n) is 13.1. The Morgan fingerprint density at radius 2 is 1.84 bits per heavy atom. The third-order valence-electron chi connectivity index (χ3n) is 6.72. The van der Waals surface area contributed by atoms with E-state index in [1.54, 1.807) is 0 Å². The Labute approximate surface area is 224 Å². The van der Waals surface area contributed by atoms with E-state index in [-0.39, 0.29) is 30.6 Å². The van der Waals surface area contributed by atoms with Gasteiger partial charge in [0.2, 0.25) is 11.8 Å². The number of carboxylic acids is 1. The number of aliphatic carboxylic acids is 1. The zero-order valence-electron chi connectivity index (χ0n) is 21.5. The number of unbranched alkanes of at least 4 members (excludes halogenated alkanes) is 1. The van der Waals surface area contributed by atoms with E-state index < -0.39 is 12.0 Å². The van der Waals surface area contributed by atoms with Crippen molar-refractivity contribution in [3.05, 3.63) is 64.7 Å². The van der Waals surface area contributed by atoms with E-state index in [2.05, 4.69) is 12.2 Å². The van der Waals surface area contributed by atoms with Gasteiger partial charge < -0.3 is 20.1 Å². The minimum absolute atomic E-state index is 0.107. The number of nitrogens with one attached hydrogen (secondary N) is 1. The largest absolute Gasteiger partial charge is 0.494 e. The van der Waals surface area contributed by atoms with Crippen LogP contribution in [0.4, 0.5) is 0 Å². The van der Waals surface area contributed by atoms with Gasteiger partial charge in [0.25, 0.3) is 0 Å². The average molecular weight is 529 g/mol. The number of carbonyl (C=O) groups is 3. The van der Waals surface area contributed by atoms with Gasteiger partial charge in [0.15, 0.2) is 0 Å². The molecule has 2 aromatic rings. The predicted molar refractivity (Wildman–Crippen MR) is 144 cm³/mol. The number of likely N-dealkylation sites (tertiary alicyclic amines) is 1. The fourth-order valence-corrected chi connectivity index (χ4v) is 4.71. The molecule has 1 aliphatic heterocycles. The Morgan fingerprint density at radius 1 is 1.11 bits per heavy atom. The fourth-order valence-electron chi connectivity index (χ4n) is 4.50. The van der Waals surface area contributed by atoms with Crippen molar-refractivity contribution in [1.29, 1.82) is 0 Å². The van der Waals surface area contributed by atoms with Crippen molar-refractivity contribution in [2.75, 3.05) is 19.7 Å². The smallest absolute Gasteiger partial charge is 0.326 e. The van der Waals surface area contributed by atoms with Gasteiger partial charge >= 0.3 is 5.97 Å². The summed E-state index contributed by atoms with van der Waals surface area (Å²) in [6, 6.07) is 13.9. The number of rotatable bonds is 13. The van der Waals surface area contributed by atoms with Crippen molar-refractivity contribution in [3.63, 3.8) is 0 Å². The lowest BCUT2D eigenvalue weighted by atomic mass is 9.92. The molecule has 2 amide bonds. The van der Waals surface area contributed by atoms with E-state index in [4.69, 9.17) is 16.3 Å². The monoisotopic (exact) mass is 528 g/mol. The summed E-state index contributed by atoms with van der Waals surface area (Å²) in [4.78, 5) is 38.9. The average Bonchev–Trinajstić information content (AvgIpc) is 2.88. The number of nitrogens with zero attached hydrogens (tertiary/aromatic N) is 1. The molecular formula is C29H37ClN2O5. The molecule has 0 saturated carbocycles. The molecule has 8 heteroatoms. The van der Waals surface area contributed by atoms with E-state index >= 15 is 0 Å². The lowest BCUT2D eigenvalue weighted by Gasteiger charge is -2.32. The van der Waals surface area contributed by atoms with Crippen molar-refractivity contribution in [3.8, 4) is 5.75 Å². The highest BCUT2D eigenvalue weighted by Crippen LogP contribution is 2.22. The lowest BCUT2D eigenvalue weighted by molar-refractivity contribution is -0.142. The maximum atomic E-state index is 12.6. The topological polar surface area (TPSA) is 95.9 Å². The predicted octanol–water partition coefficient (Wildman–Crippen LogP) is 4.89. The van der Waals surface area contributed by atoms with Crippen LogP contribution >= 0.6 is 11.6 Å². The summed E-state index contributed by atoms with van der Waals surface area (Å²) in [5.41, 5.74) is 1.86. The maximum Gasteiger partial charge on any atom is 0.326 e. The summed E-state index contributed by atoms with van der Waals surface area (Å²) in [5.74, 6) is -0.335. The molecular weight excluding hydrogens is 492 g/mol. The molecule has 2 N–H and O–H groups in total. The third kappa shape index (κ3) is 9.73. The second kappa shape index (κ2) is 14.6. The standard InChI is InChI=1S/C29H37ClN2O5/c1-2-3-17-37-25-10-7-22(8-11-25)19-26(29(35)36)31-27(33)20-23-13-15-32(16-14-23)28(34)12-9-21-5-4-6-24(30)18-21/h4-8,10-11,18,23,26H,2-3,9,12-17,19-20H2,1H3,(H,31,33)(H,35,36)/t26-/m0/s1. The van der Waals surface area contributed by atoms with Crippen LogP contribution in [0.1, 0.15) is 56.6 Å². The van der Waals surface area contributed by atoms with E-state index in [0.29, 0.717) is 37.6 Å². The van der Waals surface area contributed by atoms with Crippen LogP contribution in [0.5, 0.6) is 5.75 Å². The Morgan fingerprint density at radius 3 is 2.49 bits per heavy atom. The van der Waals surface area contributed by atoms with E-state index in [9.17, 15) is 19.5 Å². The highest BCUT2D eigenvalue weighted by molar-refractivity contribution is 6.30. The number of hydrogen-bond donors (Lipinski definition) is 2. The Kier molecular flexibility index (Phi) is 11.3. The molecule has 1 atom stereocenters. The quantitative estimate of drug-likeness (QED) is 0.361. The van der Waals surface area contributed by atoms with E-state index in [0.717, 1.165) is 42.6 Å². The van der Waals surface area contributed by atoms with Crippen LogP contribution < -0.4 is 10.1 Å². The first-order valence-corrected chi connectivity index (χ1v) is 13.5. The number of carboxylic acid groups (broad SMARTS) is 1. The molecule has 0 radical (unpaired) electrons. The van der Waals surface area contributed by atoms with Crippen molar-refractivity contribution >= 4 is 29.4 Å². The van der Waals surface area contributed by atoms with Crippen molar-refractivity contribution in [1.82, 2.24) is 10.2 Å². The maximum absolute atomic E-state index is 12.6. The second-order valence-corrected chi connectivity index (χ2v) is 10.1. The van der Waals surface area contributed by atoms with Crippen LogP contribution in [-0.4, -0.2) is 53.5 Å². The number of hydrogen-bond acceptors (Lipinski definition) is 4. The molecule has 0 aromatic heterocycles. The van der Waals surface area contributed by atoms with Gasteiger partial charge in [0, 0.05) is 37.4 Å². The lowest BCUT2D eigenvalue weighted by Crippen LogP contribution is -2.44. The first kappa shape index (κ1) is 28.5. The van der Waals surface area contributed by atoms with Gasteiger partial charge in [-0.25, -0.2) is 4.79 Å². The molecule has 3 rings (SSSR count). The zero-order chi connectivity index (χ0) is 26.6. The minimum atomic E-state index is -1.06. The van der Waals surface area contributed by atoms with Gasteiger partial charge in [-0.1, -0.05) is 49.2 Å². The van der Waals surface area contributed by atoms with E-state index in [1.165, 1.54) is 0 Å². The highest BCUT2D eigenvalue weighted by Gasteiger charge is 2.26. The van der Waals surface area contributed by atoms with Crippen LogP contribution in [0.3, 0.4) is 0 Å². The molecule has 1 aliphatic rings. The van der Waals surface area contributed by atoms with E-state index in [1.807, 2.05) is 53.4 Å². The third-order valence-corrected chi connectivity index (χ3v) is 6.96. The zero-order valence-corrected chi connectivity index (χ0v) is 22.2. The summed E-state index contributed by atoms with van der Waals surface area (Å²) < 4.78 is 5.65. The second-order valence-electron chi connectivity index (χ2n) is 9.67. The number of benzene rings is 2.